The molecule has 3 N–H and O–H groups in total. The van der Waals surface area contributed by atoms with Gasteiger partial charge in [0, 0.05) is 25.0 Å². The minimum Gasteiger partial charge on any atom is -0.363 e. The molecule has 0 aliphatic heterocycles. The normalized spacial score (nSPS) is 10.5. The van der Waals surface area contributed by atoms with Crippen LogP contribution < -0.4 is 11.1 Å². The molecule has 3 aromatic rings. The Balaban J connectivity index is 1.69. The van der Waals surface area contributed by atoms with Gasteiger partial charge in [0.1, 0.15) is 12.9 Å². The molecule has 0 aliphatic carbocycles. The molecule has 0 saturated carbocycles. The van der Waals surface area contributed by atoms with Crippen LogP contribution >= 0.6 is 0 Å². The maximum Gasteiger partial charge on any atom is 0.288 e. The van der Waals surface area contributed by atoms with E-state index in [9.17, 15) is 9.59 Å². The molecule has 24 heavy (non-hydrogen) atoms. The van der Waals surface area contributed by atoms with Crippen LogP contribution in [0.5, 0.6) is 0 Å². The first-order chi connectivity index (χ1) is 11.5. The molecule has 0 radical (unpaired) electrons. The SMILES string of the molecule is Cn1cc(-c2ccnc(NC(=O)Cn3cnc(C(N)=O)n3)n2)cn1. The van der Waals surface area contributed by atoms with E-state index in [1.54, 1.807) is 30.2 Å². The zero-order chi connectivity index (χ0) is 17.1. The Kier molecular flexibility index (Phi) is 3.97. The third-order valence-corrected chi connectivity index (χ3v) is 2.97. The maximum atomic E-state index is 12.0. The Morgan fingerprint density at radius 1 is 1.33 bits per heavy atom. The molecule has 0 fully saturated rings. The second-order valence-electron chi connectivity index (χ2n) is 4.85. The number of hydrogen-bond acceptors (Lipinski definition) is 7. The Morgan fingerprint density at radius 3 is 2.83 bits per heavy atom. The van der Waals surface area contributed by atoms with Gasteiger partial charge in [-0.25, -0.2) is 19.6 Å². The zero-order valence-electron chi connectivity index (χ0n) is 12.6. The number of anilines is 1. The van der Waals surface area contributed by atoms with Crippen LogP contribution in [0.25, 0.3) is 11.3 Å². The number of nitrogens with one attached hydrogen (secondary N) is 1. The maximum absolute atomic E-state index is 12.0. The molecule has 122 valence electrons. The molecule has 0 aromatic carbocycles. The van der Waals surface area contributed by atoms with E-state index in [2.05, 4.69) is 30.5 Å². The van der Waals surface area contributed by atoms with Crippen molar-refractivity contribution >= 4 is 17.8 Å². The molecule has 0 bridgehead atoms. The number of primary amides is 1. The fourth-order valence-corrected chi connectivity index (χ4v) is 1.93. The molecule has 0 saturated heterocycles. The number of rotatable bonds is 5. The summed E-state index contributed by atoms with van der Waals surface area (Å²) in [6.45, 7) is -0.152. The lowest BCUT2D eigenvalue weighted by Crippen LogP contribution is -2.21. The summed E-state index contributed by atoms with van der Waals surface area (Å²) < 4.78 is 2.84. The van der Waals surface area contributed by atoms with Gasteiger partial charge < -0.3 is 5.73 Å². The highest BCUT2D eigenvalue weighted by atomic mass is 16.2. The summed E-state index contributed by atoms with van der Waals surface area (Å²) in [5.41, 5.74) is 6.48. The summed E-state index contributed by atoms with van der Waals surface area (Å²) in [5, 5.41) is 10.4. The van der Waals surface area contributed by atoms with Gasteiger partial charge in [-0.3, -0.25) is 19.6 Å². The summed E-state index contributed by atoms with van der Waals surface area (Å²) in [6, 6.07) is 1.71. The van der Waals surface area contributed by atoms with Crippen LogP contribution in [-0.2, 0) is 18.4 Å². The zero-order valence-corrected chi connectivity index (χ0v) is 12.6. The van der Waals surface area contributed by atoms with Crippen LogP contribution in [-0.4, -0.2) is 46.3 Å². The molecule has 11 heteroatoms. The highest BCUT2D eigenvalue weighted by molar-refractivity contribution is 5.89. The van der Waals surface area contributed by atoms with Crippen molar-refractivity contribution < 1.29 is 9.59 Å². The molecule has 3 aromatic heterocycles. The number of hydrogen-bond donors (Lipinski definition) is 2. The van der Waals surface area contributed by atoms with Gasteiger partial charge >= 0.3 is 0 Å². The minimum atomic E-state index is -0.762. The van der Waals surface area contributed by atoms with Gasteiger partial charge in [-0.15, -0.1) is 5.10 Å². The van der Waals surface area contributed by atoms with Crippen molar-refractivity contribution in [2.24, 2.45) is 12.8 Å². The summed E-state index contributed by atoms with van der Waals surface area (Å²) in [4.78, 5) is 34.9. The van der Waals surface area contributed by atoms with Gasteiger partial charge in [0.15, 0.2) is 0 Å². The molecule has 0 atom stereocenters. The second-order valence-corrected chi connectivity index (χ2v) is 4.85. The van der Waals surface area contributed by atoms with E-state index in [0.29, 0.717) is 5.69 Å². The third kappa shape index (κ3) is 3.40. The monoisotopic (exact) mass is 327 g/mol. The van der Waals surface area contributed by atoms with Crippen molar-refractivity contribution in [1.29, 1.82) is 0 Å². The van der Waals surface area contributed by atoms with Crippen molar-refractivity contribution in [2.75, 3.05) is 5.32 Å². The van der Waals surface area contributed by atoms with Crippen LogP contribution in [0.4, 0.5) is 5.95 Å². The largest absolute Gasteiger partial charge is 0.363 e. The van der Waals surface area contributed by atoms with E-state index in [1.165, 1.54) is 17.2 Å². The number of nitrogens with zero attached hydrogens (tertiary/aromatic N) is 7. The number of nitrogens with two attached hydrogens (primary N) is 1. The highest BCUT2D eigenvalue weighted by Gasteiger charge is 2.11. The number of carbonyl (C=O) groups excluding carboxylic acids is 2. The molecular weight excluding hydrogens is 314 g/mol. The third-order valence-electron chi connectivity index (χ3n) is 2.97. The fraction of sp³-hybridized carbons (Fsp3) is 0.154. The van der Waals surface area contributed by atoms with Crippen molar-refractivity contribution in [2.45, 2.75) is 6.54 Å². The van der Waals surface area contributed by atoms with E-state index < -0.39 is 11.8 Å². The minimum absolute atomic E-state index is 0.150. The van der Waals surface area contributed by atoms with E-state index in [1.807, 2.05) is 0 Å². The lowest BCUT2D eigenvalue weighted by molar-refractivity contribution is -0.117. The average Bonchev–Trinajstić information content (AvgIpc) is 3.16. The average molecular weight is 327 g/mol. The first kappa shape index (κ1) is 15.3. The van der Waals surface area contributed by atoms with Crippen molar-refractivity contribution in [3.63, 3.8) is 0 Å². The number of aromatic nitrogens is 7. The topological polar surface area (TPSA) is 146 Å². The predicted octanol–water partition coefficient (Wildman–Crippen LogP) is -0.794. The molecule has 0 spiro atoms. The van der Waals surface area contributed by atoms with Crippen LogP contribution in [0, 0.1) is 0 Å². The molecular formula is C13H13N9O2. The fourth-order valence-electron chi connectivity index (χ4n) is 1.93. The van der Waals surface area contributed by atoms with Gasteiger partial charge in [-0.05, 0) is 6.07 Å². The van der Waals surface area contributed by atoms with E-state index >= 15 is 0 Å². The summed E-state index contributed by atoms with van der Waals surface area (Å²) >= 11 is 0. The van der Waals surface area contributed by atoms with Gasteiger partial charge in [0.05, 0.1) is 11.9 Å². The predicted molar refractivity (Wildman–Crippen MR) is 81.4 cm³/mol. The molecule has 3 heterocycles. The molecule has 0 aliphatic rings. The first-order valence-electron chi connectivity index (χ1n) is 6.82. The highest BCUT2D eigenvalue weighted by Crippen LogP contribution is 2.16. The standard InChI is InChI=1S/C13H13N9O2/c1-21-5-8(4-17-21)9-2-3-15-13(18-9)19-10(23)6-22-7-16-12(20-22)11(14)24/h2-5,7H,6H2,1H3,(H2,14,24)(H,15,18,19,23). The quantitative estimate of drug-likeness (QED) is 0.624. The molecule has 2 amide bonds. The Labute approximate surface area is 135 Å². The Bertz CT molecular complexity index is 898. The van der Waals surface area contributed by atoms with Crippen molar-refractivity contribution in [1.82, 2.24) is 34.5 Å². The smallest absolute Gasteiger partial charge is 0.288 e. The summed E-state index contributed by atoms with van der Waals surface area (Å²) in [6.07, 6.45) is 6.24. The molecule has 0 unspecified atom stereocenters. The van der Waals surface area contributed by atoms with Gasteiger partial charge in [-0.2, -0.15) is 5.10 Å². The molecule has 3 rings (SSSR count). The van der Waals surface area contributed by atoms with Crippen molar-refractivity contribution in [3.05, 3.63) is 36.8 Å². The summed E-state index contributed by atoms with van der Waals surface area (Å²) in [7, 11) is 1.80. The first-order valence-corrected chi connectivity index (χ1v) is 6.82. The van der Waals surface area contributed by atoms with Gasteiger partial charge in [0.2, 0.25) is 17.7 Å². The number of carbonyl (C=O) groups is 2. The number of aryl methyl sites for hydroxylation is 1. The molecule has 11 nitrogen and oxygen atoms in total. The lowest BCUT2D eigenvalue weighted by Gasteiger charge is -2.04. The Morgan fingerprint density at radius 2 is 2.17 bits per heavy atom. The van der Waals surface area contributed by atoms with E-state index in [0.717, 1.165) is 5.56 Å². The second kappa shape index (κ2) is 6.24. The van der Waals surface area contributed by atoms with E-state index in [4.69, 9.17) is 5.73 Å². The van der Waals surface area contributed by atoms with Crippen LogP contribution in [0.2, 0.25) is 0 Å². The number of amides is 2. The van der Waals surface area contributed by atoms with Crippen LogP contribution in [0.3, 0.4) is 0 Å². The van der Waals surface area contributed by atoms with Gasteiger partial charge in [-0.1, -0.05) is 0 Å². The van der Waals surface area contributed by atoms with Crippen LogP contribution in [0.1, 0.15) is 10.6 Å². The van der Waals surface area contributed by atoms with Crippen molar-refractivity contribution in [3.8, 4) is 11.3 Å². The Hall–Kier alpha value is -3.63. The van der Waals surface area contributed by atoms with Crippen LogP contribution in [0.15, 0.2) is 31.0 Å². The lowest BCUT2D eigenvalue weighted by atomic mass is 10.2. The van der Waals surface area contributed by atoms with E-state index in [-0.39, 0.29) is 18.3 Å². The van der Waals surface area contributed by atoms with Gasteiger partial charge in [0.25, 0.3) is 5.91 Å². The summed E-state index contributed by atoms with van der Waals surface area (Å²) in [5.74, 6) is -1.19.